The van der Waals surface area contributed by atoms with Gasteiger partial charge in [0.25, 0.3) is 0 Å². The number of urea groups is 1. The third-order valence-corrected chi connectivity index (χ3v) is 2.87. The minimum atomic E-state index is -0.916. The molecule has 0 bridgehead atoms. The maximum Gasteiger partial charge on any atom is 0.381 e. The van der Waals surface area contributed by atoms with Gasteiger partial charge in [-0.15, -0.1) is 0 Å². The normalized spacial score (nSPS) is 10.0. The van der Waals surface area contributed by atoms with Gasteiger partial charge in [0, 0.05) is 12.1 Å². The Balaban J connectivity index is 2.23. The first-order valence-corrected chi connectivity index (χ1v) is 7.19. The van der Waals surface area contributed by atoms with E-state index in [9.17, 15) is 14.8 Å². The number of nitrogens with zero attached hydrogens (tertiary/aromatic N) is 1. The molecule has 0 spiro atoms. The van der Waals surface area contributed by atoms with Gasteiger partial charge in [-0.3, -0.25) is 5.21 Å². The number of rotatable bonds is 7. The van der Waals surface area contributed by atoms with E-state index in [1.54, 1.807) is 30.3 Å². The fraction of sp³-hybridized carbons (Fsp3) is 0.467. The van der Waals surface area contributed by atoms with Crippen LogP contribution in [0.15, 0.2) is 30.3 Å². The Morgan fingerprint density at radius 3 is 2.48 bits per heavy atom. The summed E-state index contributed by atoms with van der Waals surface area (Å²) in [6.07, 6.45) is 5.15. The van der Waals surface area contributed by atoms with Crippen LogP contribution >= 0.6 is 0 Å². The van der Waals surface area contributed by atoms with Crippen LogP contribution < -0.4 is 5.32 Å². The lowest BCUT2D eigenvalue weighted by Crippen LogP contribution is -2.34. The molecule has 0 aliphatic heterocycles. The van der Waals surface area contributed by atoms with Gasteiger partial charge in [-0.1, -0.05) is 50.8 Å². The Morgan fingerprint density at radius 2 is 1.81 bits per heavy atom. The quantitative estimate of drug-likeness (QED) is 0.456. The molecule has 1 rings (SSSR count). The highest BCUT2D eigenvalue weighted by molar-refractivity contribution is 5.88. The number of hydrogen-bond donors (Lipinski definition) is 2. The summed E-state index contributed by atoms with van der Waals surface area (Å²) in [5, 5.41) is 11.7. The number of benzene rings is 1. The summed E-state index contributed by atoms with van der Waals surface area (Å²) in [7, 11) is 0. The van der Waals surface area contributed by atoms with Gasteiger partial charge in [-0.25, -0.2) is 9.59 Å². The van der Waals surface area contributed by atoms with Crippen LogP contribution in [-0.4, -0.2) is 22.4 Å². The average Bonchev–Trinajstić information content (AvgIpc) is 2.48. The Labute approximate surface area is 124 Å². The number of nitrogens with one attached hydrogen (secondary N) is 1. The zero-order chi connectivity index (χ0) is 15.5. The Kier molecular flexibility index (Phi) is 7.89. The number of anilines is 1. The summed E-state index contributed by atoms with van der Waals surface area (Å²) in [5.41, 5.74) is 0.497. The van der Waals surface area contributed by atoms with Crippen LogP contribution in [-0.2, 0) is 9.63 Å². The largest absolute Gasteiger partial charge is 0.381 e. The zero-order valence-electron chi connectivity index (χ0n) is 12.2. The van der Waals surface area contributed by atoms with E-state index in [0.29, 0.717) is 12.1 Å². The highest BCUT2D eigenvalue weighted by Crippen LogP contribution is 2.08. The van der Waals surface area contributed by atoms with Crippen molar-refractivity contribution in [3.05, 3.63) is 30.3 Å². The molecule has 0 saturated heterocycles. The van der Waals surface area contributed by atoms with Crippen molar-refractivity contribution in [2.24, 2.45) is 0 Å². The molecule has 0 atom stereocenters. The Bertz CT molecular complexity index is 437. The highest BCUT2D eigenvalue weighted by atomic mass is 16.9. The van der Waals surface area contributed by atoms with Crippen molar-refractivity contribution < 1.29 is 19.6 Å². The second-order valence-corrected chi connectivity index (χ2v) is 4.70. The predicted octanol–water partition coefficient (Wildman–Crippen LogP) is 3.73. The third-order valence-electron chi connectivity index (χ3n) is 2.87. The van der Waals surface area contributed by atoms with Crippen LogP contribution in [0.2, 0.25) is 0 Å². The average molecular weight is 294 g/mol. The molecule has 0 unspecified atom stereocenters. The summed E-state index contributed by atoms with van der Waals surface area (Å²) in [6.45, 7) is 2.11. The van der Waals surface area contributed by atoms with Crippen molar-refractivity contribution >= 4 is 17.7 Å². The van der Waals surface area contributed by atoms with Crippen molar-refractivity contribution in [3.8, 4) is 0 Å². The standard InChI is InChI=1S/C15H22N2O4/c1-2-3-4-5-9-12-14(18)21-17(20)15(19)16-13-10-7-6-8-11-13/h6-8,10-11,20H,2-5,9,12H2,1H3,(H,16,19). The number of carbonyl (C=O) groups excluding carboxylic acids is 2. The molecule has 1 aromatic carbocycles. The Morgan fingerprint density at radius 1 is 1.14 bits per heavy atom. The van der Waals surface area contributed by atoms with E-state index in [1.807, 2.05) is 0 Å². The molecule has 1 aromatic rings. The molecule has 0 radical (unpaired) electrons. The molecule has 6 heteroatoms. The molecule has 0 aromatic heterocycles. The number of hydroxylamine groups is 2. The molecule has 0 aliphatic carbocycles. The van der Waals surface area contributed by atoms with Gasteiger partial charge in [0.15, 0.2) is 0 Å². The molecule has 0 heterocycles. The molecule has 116 valence electrons. The van der Waals surface area contributed by atoms with Crippen molar-refractivity contribution in [1.82, 2.24) is 5.23 Å². The minimum absolute atomic E-state index is 0.0681. The van der Waals surface area contributed by atoms with Gasteiger partial charge < -0.3 is 10.2 Å². The first-order valence-electron chi connectivity index (χ1n) is 7.19. The van der Waals surface area contributed by atoms with Crippen molar-refractivity contribution in [1.29, 1.82) is 0 Å². The topological polar surface area (TPSA) is 78.9 Å². The van der Waals surface area contributed by atoms with Gasteiger partial charge in [-0.2, -0.15) is 0 Å². The fourth-order valence-corrected chi connectivity index (χ4v) is 1.75. The van der Waals surface area contributed by atoms with Gasteiger partial charge >= 0.3 is 12.0 Å². The molecule has 2 N–H and O–H groups in total. The van der Waals surface area contributed by atoms with Gasteiger partial charge in [-0.05, 0) is 23.8 Å². The second kappa shape index (κ2) is 9.77. The van der Waals surface area contributed by atoms with E-state index >= 15 is 0 Å². The zero-order valence-corrected chi connectivity index (χ0v) is 12.2. The summed E-state index contributed by atoms with van der Waals surface area (Å²) in [4.78, 5) is 27.5. The van der Waals surface area contributed by atoms with Gasteiger partial charge in [0.05, 0.1) is 0 Å². The molecule has 0 saturated carbocycles. The van der Waals surface area contributed by atoms with E-state index in [2.05, 4.69) is 17.1 Å². The second-order valence-electron chi connectivity index (χ2n) is 4.70. The summed E-state index contributed by atoms with van der Waals surface area (Å²) in [5.74, 6) is -0.628. The molecule has 6 nitrogen and oxygen atoms in total. The van der Waals surface area contributed by atoms with Crippen molar-refractivity contribution in [3.63, 3.8) is 0 Å². The van der Waals surface area contributed by atoms with E-state index < -0.39 is 12.0 Å². The van der Waals surface area contributed by atoms with Crippen molar-refractivity contribution in [2.45, 2.75) is 45.4 Å². The molecule has 2 amide bonds. The maximum atomic E-state index is 11.6. The van der Waals surface area contributed by atoms with Gasteiger partial charge in [0.1, 0.15) is 0 Å². The van der Waals surface area contributed by atoms with E-state index in [1.165, 1.54) is 0 Å². The summed E-state index contributed by atoms with van der Waals surface area (Å²) >= 11 is 0. The van der Waals surface area contributed by atoms with E-state index in [0.717, 1.165) is 25.7 Å². The highest BCUT2D eigenvalue weighted by Gasteiger charge is 2.16. The number of para-hydroxylation sites is 1. The fourth-order valence-electron chi connectivity index (χ4n) is 1.75. The summed E-state index contributed by atoms with van der Waals surface area (Å²) < 4.78 is 0. The first kappa shape index (κ1) is 17.0. The lowest BCUT2D eigenvalue weighted by Gasteiger charge is -2.14. The van der Waals surface area contributed by atoms with Crippen molar-refractivity contribution in [2.75, 3.05) is 5.32 Å². The molecule has 0 fully saturated rings. The minimum Gasteiger partial charge on any atom is -0.310 e. The van der Waals surface area contributed by atoms with Crippen LogP contribution in [0.3, 0.4) is 0 Å². The number of amides is 2. The molecule has 21 heavy (non-hydrogen) atoms. The lowest BCUT2D eigenvalue weighted by molar-refractivity contribution is -0.275. The molecular formula is C15H22N2O4. The first-order chi connectivity index (χ1) is 10.1. The van der Waals surface area contributed by atoms with Crippen LogP contribution in [0, 0.1) is 0 Å². The van der Waals surface area contributed by atoms with Crippen LogP contribution in [0.5, 0.6) is 0 Å². The molecular weight excluding hydrogens is 272 g/mol. The number of unbranched alkanes of at least 4 members (excludes halogenated alkanes) is 4. The third kappa shape index (κ3) is 7.31. The summed E-state index contributed by atoms with van der Waals surface area (Å²) in [6, 6.07) is 7.66. The van der Waals surface area contributed by atoms with Crippen LogP contribution in [0.25, 0.3) is 0 Å². The van der Waals surface area contributed by atoms with Crippen LogP contribution in [0.4, 0.5) is 10.5 Å². The SMILES string of the molecule is CCCCCCCC(=O)ON(O)C(=O)Nc1ccccc1. The Hall–Kier alpha value is -2.08. The van der Waals surface area contributed by atoms with E-state index in [-0.39, 0.29) is 11.6 Å². The van der Waals surface area contributed by atoms with E-state index in [4.69, 9.17) is 0 Å². The predicted molar refractivity (Wildman–Crippen MR) is 78.6 cm³/mol. The lowest BCUT2D eigenvalue weighted by atomic mass is 10.1. The smallest absolute Gasteiger partial charge is 0.310 e. The van der Waals surface area contributed by atoms with Crippen LogP contribution in [0.1, 0.15) is 45.4 Å². The van der Waals surface area contributed by atoms with Gasteiger partial charge in [0.2, 0.25) is 0 Å². The monoisotopic (exact) mass is 294 g/mol. The maximum absolute atomic E-state index is 11.6. The number of hydrogen-bond acceptors (Lipinski definition) is 4. The molecule has 0 aliphatic rings. The number of carbonyl (C=O) groups is 2.